The highest BCUT2D eigenvalue weighted by Crippen LogP contribution is 2.16. The maximum Gasteiger partial charge on any atom is 0.254 e. The zero-order valence-electron chi connectivity index (χ0n) is 12.8. The Balaban J connectivity index is 0.00000192. The maximum absolute atomic E-state index is 12.4. The third kappa shape index (κ3) is 4.34. The fourth-order valence-corrected chi connectivity index (χ4v) is 3.02. The first-order valence-corrected chi connectivity index (χ1v) is 8.25. The Bertz CT molecular complexity index is 676. The van der Waals surface area contributed by atoms with Crippen LogP contribution < -0.4 is 10.6 Å². The molecule has 0 saturated carbocycles. The first-order chi connectivity index (χ1) is 10.6. The van der Waals surface area contributed by atoms with E-state index in [1.54, 1.807) is 17.1 Å². The molecule has 2 atom stereocenters. The SMILES string of the molecule is CC1CCNCC1NC(=O)c1cnn(-c2cccc(Br)c2)c1.Cl. The normalized spacial score (nSPS) is 20.6. The van der Waals surface area contributed by atoms with E-state index in [1.807, 2.05) is 24.3 Å². The monoisotopic (exact) mass is 398 g/mol. The lowest BCUT2D eigenvalue weighted by atomic mass is 9.94. The summed E-state index contributed by atoms with van der Waals surface area (Å²) in [6.07, 6.45) is 4.46. The van der Waals surface area contributed by atoms with E-state index >= 15 is 0 Å². The predicted molar refractivity (Wildman–Crippen MR) is 96.4 cm³/mol. The molecule has 7 heteroatoms. The number of hydrogen-bond acceptors (Lipinski definition) is 3. The molecule has 2 N–H and O–H groups in total. The van der Waals surface area contributed by atoms with Crippen LogP contribution in [0.2, 0.25) is 0 Å². The third-order valence-corrected chi connectivity index (χ3v) is 4.55. The van der Waals surface area contributed by atoms with Gasteiger partial charge in [0.05, 0.1) is 17.4 Å². The van der Waals surface area contributed by atoms with Gasteiger partial charge in [-0.15, -0.1) is 12.4 Å². The molecule has 1 aromatic heterocycles. The summed E-state index contributed by atoms with van der Waals surface area (Å²) >= 11 is 3.44. The van der Waals surface area contributed by atoms with E-state index in [0.29, 0.717) is 11.5 Å². The quantitative estimate of drug-likeness (QED) is 0.834. The molecule has 23 heavy (non-hydrogen) atoms. The summed E-state index contributed by atoms with van der Waals surface area (Å²) < 4.78 is 2.69. The number of nitrogens with one attached hydrogen (secondary N) is 2. The Labute approximate surface area is 150 Å². The van der Waals surface area contributed by atoms with E-state index in [0.717, 1.165) is 29.7 Å². The highest BCUT2D eigenvalue weighted by molar-refractivity contribution is 9.10. The summed E-state index contributed by atoms with van der Waals surface area (Å²) in [5.74, 6) is 0.423. The molecule has 124 valence electrons. The van der Waals surface area contributed by atoms with Gasteiger partial charge in [-0.2, -0.15) is 5.10 Å². The van der Waals surface area contributed by atoms with E-state index in [2.05, 4.69) is 38.6 Å². The van der Waals surface area contributed by atoms with Crippen molar-refractivity contribution in [3.63, 3.8) is 0 Å². The van der Waals surface area contributed by atoms with Crippen LogP contribution >= 0.6 is 28.3 Å². The smallest absolute Gasteiger partial charge is 0.254 e. The van der Waals surface area contributed by atoms with Crippen LogP contribution in [0.3, 0.4) is 0 Å². The Morgan fingerprint density at radius 2 is 2.30 bits per heavy atom. The van der Waals surface area contributed by atoms with E-state index in [1.165, 1.54) is 0 Å². The first-order valence-electron chi connectivity index (χ1n) is 7.45. The van der Waals surface area contributed by atoms with Crippen molar-refractivity contribution in [1.82, 2.24) is 20.4 Å². The van der Waals surface area contributed by atoms with Gasteiger partial charge in [0.25, 0.3) is 5.91 Å². The van der Waals surface area contributed by atoms with Gasteiger partial charge in [-0.1, -0.05) is 28.9 Å². The summed E-state index contributed by atoms with van der Waals surface area (Å²) in [7, 11) is 0. The van der Waals surface area contributed by atoms with Gasteiger partial charge in [0, 0.05) is 23.3 Å². The summed E-state index contributed by atoms with van der Waals surface area (Å²) in [6.45, 7) is 4.03. The van der Waals surface area contributed by atoms with Crippen molar-refractivity contribution in [2.75, 3.05) is 13.1 Å². The number of carbonyl (C=O) groups excluding carboxylic acids is 1. The number of halogens is 2. The van der Waals surface area contributed by atoms with Crippen LogP contribution in [0.25, 0.3) is 5.69 Å². The van der Waals surface area contributed by atoms with Crippen molar-refractivity contribution in [2.24, 2.45) is 5.92 Å². The second kappa shape index (κ2) is 7.95. The minimum atomic E-state index is -0.0678. The van der Waals surface area contributed by atoms with Crippen molar-refractivity contribution in [2.45, 2.75) is 19.4 Å². The maximum atomic E-state index is 12.4. The van der Waals surface area contributed by atoms with Gasteiger partial charge >= 0.3 is 0 Å². The van der Waals surface area contributed by atoms with Crippen LogP contribution in [-0.2, 0) is 0 Å². The second-order valence-corrected chi connectivity index (χ2v) is 6.62. The van der Waals surface area contributed by atoms with Gasteiger partial charge < -0.3 is 10.6 Å². The molecule has 1 aliphatic rings. The van der Waals surface area contributed by atoms with E-state index in [9.17, 15) is 4.79 Å². The fourth-order valence-electron chi connectivity index (χ4n) is 2.63. The second-order valence-electron chi connectivity index (χ2n) is 5.70. The van der Waals surface area contributed by atoms with Gasteiger partial charge in [-0.3, -0.25) is 4.79 Å². The Kier molecular flexibility index (Phi) is 6.21. The van der Waals surface area contributed by atoms with Crippen LogP contribution in [0.4, 0.5) is 0 Å². The number of rotatable bonds is 3. The lowest BCUT2D eigenvalue weighted by Crippen LogP contribution is -2.50. The molecule has 0 radical (unpaired) electrons. The molecule has 1 aliphatic heterocycles. The molecular weight excluding hydrogens is 380 g/mol. The van der Waals surface area contributed by atoms with E-state index in [-0.39, 0.29) is 24.4 Å². The Morgan fingerprint density at radius 1 is 1.48 bits per heavy atom. The first kappa shape index (κ1) is 18.0. The van der Waals surface area contributed by atoms with Gasteiger partial charge in [0.2, 0.25) is 0 Å². The topological polar surface area (TPSA) is 58.9 Å². The number of piperidine rings is 1. The summed E-state index contributed by atoms with van der Waals surface area (Å²) in [5.41, 5.74) is 1.50. The number of benzene rings is 1. The summed E-state index contributed by atoms with van der Waals surface area (Å²) in [4.78, 5) is 12.4. The summed E-state index contributed by atoms with van der Waals surface area (Å²) in [6, 6.07) is 7.98. The Morgan fingerprint density at radius 3 is 3.04 bits per heavy atom. The zero-order valence-corrected chi connectivity index (χ0v) is 15.2. The van der Waals surface area contributed by atoms with Crippen LogP contribution in [0.15, 0.2) is 41.1 Å². The van der Waals surface area contributed by atoms with Crippen molar-refractivity contribution in [1.29, 1.82) is 0 Å². The van der Waals surface area contributed by atoms with Gasteiger partial charge in [0.1, 0.15) is 0 Å². The molecule has 2 unspecified atom stereocenters. The van der Waals surface area contributed by atoms with Gasteiger partial charge in [-0.05, 0) is 37.1 Å². The van der Waals surface area contributed by atoms with E-state index in [4.69, 9.17) is 0 Å². The van der Waals surface area contributed by atoms with Crippen molar-refractivity contribution < 1.29 is 4.79 Å². The van der Waals surface area contributed by atoms with Crippen LogP contribution in [0, 0.1) is 5.92 Å². The molecule has 0 aliphatic carbocycles. The number of hydrogen-bond donors (Lipinski definition) is 2. The molecule has 1 aromatic carbocycles. The van der Waals surface area contributed by atoms with Crippen molar-refractivity contribution in [3.05, 3.63) is 46.7 Å². The van der Waals surface area contributed by atoms with Crippen LogP contribution in [0.5, 0.6) is 0 Å². The minimum absolute atomic E-state index is 0. The number of nitrogens with zero attached hydrogens (tertiary/aromatic N) is 2. The highest BCUT2D eigenvalue weighted by Gasteiger charge is 2.23. The number of aromatic nitrogens is 2. The Hall–Kier alpha value is -1.37. The third-order valence-electron chi connectivity index (χ3n) is 4.06. The zero-order chi connectivity index (χ0) is 15.5. The summed E-state index contributed by atoms with van der Waals surface area (Å²) in [5, 5.41) is 10.7. The van der Waals surface area contributed by atoms with Crippen molar-refractivity contribution in [3.8, 4) is 5.69 Å². The molecule has 2 aromatic rings. The largest absolute Gasteiger partial charge is 0.348 e. The van der Waals surface area contributed by atoms with Crippen LogP contribution in [-0.4, -0.2) is 34.8 Å². The van der Waals surface area contributed by atoms with E-state index < -0.39 is 0 Å². The van der Waals surface area contributed by atoms with Crippen molar-refractivity contribution >= 4 is 34.2 Å². The van der Waals surface area contributed by atoms with Gasteiger partial charge in [0.15, 0.2) is 0 Å². The molecule has 0 spiro atoms. The molecule has 2 heterocycles. The predicted octanol–water partition coefficient (Wildman–Crippen LogP) is 2.78. The minimum Gasteiger partial charge on any atom is -0.348 e. The molecule has 1 saturated heterocycles. The molecule has 3 rings (SSSR count). The van der Waals surface area contributed by atoms with Gasteiger partial charge in [-0.25, -0.2) is 4.68 Å². The molecular formula is C16H20BrClN4O. The average Bonchev–Trinajstić information content (AvgIpc) is 2.99. The number of carbonyl (C=O) groups is 1. The average molecular weight is 400 g/mol. The molecule has 5 nitrogen and oxygen atoms in total. The lowest BCUT2D eigenvalue weighted by Gasteiger charge is -2.30. The number of amides is 1. The molecule has 0 bridgehead atoms. The van der Waals surface area contributed by atoms with Crippen LogP contribution in [0.1, 0.15) is 23.7 Å². The fraction of sp³-hybridized carbons (Fsp3) is 0.375. The standard InChI is InChI=1S/C16H19BrN4O.ClH/c1-11-5-6-18-9-15(11)20-16(22)12-8-19-21(10-12)14-4-2-3-13(17)7-14;/h2-4,7-8,10-11,15,18H,5-6,9H2,1H3,(H,20,22);1H. The lowest BCUT2D eigenvalue weighted by molar-refractivity contribution is 0.0915. The highest BCUT2D eigenvalue weighted by atomic mass is 79.9. The molecule has 1 amide bonds. The molecule has 1 fully saturated rings.